The lowest BCUT2D eigenvalue weighted by atomic mass is 10.2. The van der Waals surface area contributed by atoms with Crippen molar-refractivity contribution in [2.45, 2.75) is 25.2 Å². The molecule has 16 heavy (non-hydrogen) atoms. The van der Waals surface area contributed by atoms with Gasteiger partial charge in [0.05, 0.1) is 5.97 Å². The summed E-state index contributed by atoms with van der Waals surface area (Å²) in [5, 5.41) is 13.9. The predicted octanol–water partition coefficient (Wildman–Crippen LogP) is 1.08. The molecule has 0 aromatic carbocycles. The van der Waals surface area contributed by atoms with Gasteiger partial charge >= 0.3 is 6.18 Å². The number of carboxylic acids is 1. The summed E-state index contributed by atoms with van der Waals surface area (Å²) in [6, 6.07) is -0.559. The minimum absolute atomic E-state index is 0.0283. The van der Waals surface area contributed by atoms with Gasteiger partial charge < -0.3 is 9.90 Å². The van der Waals surface area contributed by atoms with Crippen molar-refractivity contribution in [1.29, 1.82) is 0 Å². The van der Waals surface area contributed by atoms with Gasteiger partial charge in [-0.2, -0.15) is 13.2 Å². The second-order valence-corrected chi connectivity index (χ2v) is 4.18. The van der Waals surface area contributed by atoms with Crippen LogP contribution in [-0.4, -0.2) is 18.2 Å². The van der Waals surface area contributed by atoms with Crippen molar-refractivity contribution in [2.75, 3.05) is 0 Å². The smallest absolute Gasteiger partial charge is 0.408 e. The molecular formula is C9H9F3NO2S-. The van der Waals surface area contributed by atoms with Gasteiger partial charge in [0.25, 0.3) is 0 Å². The largest absolute Gasteiger partial charge is 0.548 e. The van der Waals surface area contributed by atoms with E-state index in [2.05, 4.69) is 0 Å². The average molecular weight is 252 g/mol. The van der Waals surface area contributed by atoms with Gasteiger partial charge in [0, 0.05) is 10.9 Å². The molecule has 1 N–H and O–H groups in total. The van der Waals surface area contributed by atoms with Crippen LogP contribution in [0.3, 0.4) is 0 Å². The summed E-state index contributed by atoms with van der Waals surface area (Å²) in [4.78, 5) is 10.4. The Bertz CT molecular complexity index is 350. The van der Waals surface area contributed by atoms with E-state index in [1.54, 1.807) is 0 Å². The van der Waals surface area contributed by atoms with Crippen LogP contribution in [0.5, 0.6) is 0 Å². The molecule has 1 heterocycles. The SMILES string of the molecule is C[C@@H](NC(c1cccs1)C(F)(F)F)C(=O)[O-]. The Hall–Kier alpha value is -1.08. The average Bonchev–Trinajstić information content (AvgIpc) is 2.63. The van der Waals surface area contributed by atoms with Crippen molar-refractivity contribution in [3.63, 3.8) is 0 Å². The van der Waals surface area contributed by atoms with Gasteiger partial charge in [0.15, 0.2) is 0 Å². The van der Waals surface area contributed by atoms with Gasteiger partial charge in [-0.3, -0.25) is 5.32 Å². The standard InChI is InChI=1S/C9H10F3NO2S/c1-5(8(14)15)13-7(9(10,11)12)6-3-2-4-16-6/h2-5,7,13H,1H3,(H,14,15)/p-1/t5-,7?/m1/s1. The van der Waals surface area contributed by atoms with Crippen LogP contribution in [-0.2, 0) is 4.79 Å². The highest BCUT2D eigenvalue weighted by atomic mass is 32.1. The highest BCUT2D eigenvalue weighted by Gasteiger charge is 2.42. The number of carbonyl (C=O) groups excluding carboxylic acids is 1. The summed E-state index contributed by atoms with van der Waals surface area (Å²) in [7, 11) is 0. The predicted molar refractivity (Wildman–Crippen MR) is 50.7 cm³/mol. The van der Waals surface area contributed by atoms with Crippen molar-refractivity contribution in [1.82, 2.24) is 5.32 Å². The molecule has 1 unspecified atom stereocenters. The van der Waals surface area contributed by atoms with E-state index in [0.717, 1.165) is 18.3 Å². The van der Waals surface area contributed by atoms with Gasteiger partial charge in [-0.25, -0.2) is 0 Å². The Balaban J connectivity index is 2.86. The number of alkyl halides is 3. The first-order valence-electron chi connectivity index (χ1n) is 4.39. The number of carboxylic acid groups (broad SMARTS) is 1. The maximum Gasteiger partial charge on any atom is 0.408 e. The number of hydrogen-bond acceptors (Lipinski definition) is 4. The summed E-state index contributed by atoms with van der Waals surface area (Å²) in [5.74, 6) is -1.56. The quantitative estimate of drug-likeness (QED) is 0.872. The van der Waals surface area contributed by atoms with Crippen molar-refractivity contribution in [2.24, 2.45) is 0 Å². The monoisotopic (exact) mass is 252 g/mol. The molecule has 7 heteroatoms. The van der Waals surface area contributed by atoms with E-state index in [4.69, 9.17) is 0 Å². The summed E-state index contributed by atoms with van der Waals surface area (Å²) in [5.41, 5.74) is 0. The molecule has 0 aliphatic heterocycles. The van der Waals surface area contributed by atoms with E-state index >= 15 is 0 Å². The zero-order valence-corrected chi connectivity index (χ0v) is 9.06. The highest BCUT2D eigenvalue weighted by molar-refractivity contribution is 7.10. The highest BCUT2D eigenvalue weighted by Crippen LogP contribution is 2.35. The van der Waals surface area contributed by atoms with Crippen LogP contribution < -0.4 is 10.4 Å². The second kappa shape index (κ2) is 4.84. The number of carbonyl (C=O) groups is 1. The maximum absolute atomic E-state index is 12.6. The Kier molecular flexibility index (Phi) is 3.93. The summed E-state index contributed by atoms with van der Waals surface area (Å²) >= 11 is 0.916. The third-order valence-electron chi connectivity index (χ3n) is 1.93. The second-order valence-electron chi connectivity index (χ2n) is 3.20. The first kappa shape index (κ1) is 13.0. The van der Waals surface area contributed by atoms with Crippen molar-refractivity contribution >= 4 is 17.3 Å². The van der Waals surface area contributed by atoms with Crippen LogP contribution >= 0.6 is 11.3 Å². The number of thiophene rings is 1. The lowest BCUT2D eigenvalue weighted by Gasteiger charge is -2.25. The molecule has 0 bridgehead atoms. The van der Waals surface area contributed by atoms with Crippen LogP contribution in [0.15, 0.2) is 17.5 Å². The fraction of sp³-hybridized carbons (Fsp3) is 0.444. The summed E-state index contributed by atoms with van der Waals surface area (Å²) < 4.78 is 37.9. The van der Waals surface area contributed by atoms with Crippen LogP contribution in [0.1, 0.15) is 17.8 Å². The normalized spacial score (nSPS) is 15.8. The third-order valence-corrected chi connectivity index (χ3v) is 2.86. The fourth-order valence-corrected chi connectivity index (χ4v) is 1.92. The lowest BCUT2D eigenvalue weighted by molar-refractivity contribution is -0.308. The minimum atomic E-state index is -4.53. The van der Waals surface area contributed by atoms with Gasteiger partial charge in [-0.15, -0.1) is 11.3 Å². The van der Waals surface area contributed by atoms with Gasteiger partial charge in [-0.05, 0) is 18.4 Å². The Labute approximate surface area is 93.9 Å². The lowest BCUT2D eigenvalue weighted by Crippen LogP contribution is -2.48. The fourth-order valence-electron chi connectivity index (χ4n) is 1.11. The summed E-state index contributed by atoms with van der Waals surface area (Å²) in [6.07, 6.45) is -4.53. The number of aliphatic carboxylic acids is 1. The molecule has 0 saturated heterocycles. The zero-order chi connectivity index (χ0) is 12.3. The van der Waals surface area contributed by atoms with E-state index < -0.39 is 24.2 Å². The van der Waals surface area contributed by atoms with Crippen molar-refractivity contribution in [3.8, 4) is 0 Å². The third kappa shape index (κ3) is 3.21. The molecular weight excluding hydrogens is 243 g/mol. The van der Waals surface area contributed by atoms with Gasteiger partial charge in [-0.1, -0.05) is 6.07 Å². The molecule has 0 fully saturated rings. The summed E-state index contributed by atoms with van der Waals surface area (Å²) in [6.45, 7) is 1.11. The molecule has 0 aliphatic rings. The molecule has 0 spiro atoms. The number of hydrogen-bond donors (Lipinski definition) is 1. The Morgan fingerprint density at radius 3 is 2.56 bits per heavy atom. The van der Waals surface area contributed by atoms with E-state index in [-0.39, 0.29) is 4.88 Å². The zero-order valence-electron chi connectivity index (χ0n) is 8.25. The molecule has 1 aromatic rings. The first-order valence-corrected chi connectivity index (χ1v) is 5.27. The van der Waals surface area contributed by atoms with Gasteiger partial charge in [0.1, 0.15) is 6.04 Å². The topological polar surface area (TPSA) is 52.2 Å². The Morgan fingerprint density at radius 1 is 1.56 bits per heavy atom. The number of rotatable bonds is 4. The molecule has 3 nitrogen and oxygen atoms in total. The molecule has 0 amide bonds. The van der Waals surface area contributed by atoms with Crippen molar-refractivity contribution < 1.29 is 23.1 Å². The molecule has 1 aromatic heterocycles. The molecule has 1 rings (SSSR count). The Morgan fingerprint density at radius 2 is 2.19 bits per heavy atom. The van der Waals surface area contributed by atoms with Gasteiger partial charge in [0.2, 0.25) is 0 Å². The first-order chi connectivity index (χ1) is 7.32. The van der Waals surface area contributed by atoms with E-state index in [9.17, 15) is 23.1 Å². The maximum atomic E-state index is 12.6. The minimum Gasteiger partial charge on any atom is -0.548 e. The van der Waals surface area contributed by atoms with E-state index in [0.29, 0.717) is 0 Å². The van der Waals surface area contributed by atoms with Crippen LogP contribution in [0.2, 0.25) is 0 Å². The molecule has 0 aliphatic carbocycles. The molecule has 0 radical (unpaired) electrons. The molecule has 90 valence electrons. The van der Waals surface area contributed by atoms with Crippen LogP contribution in [0.25, 0.3) is 0 Å². The number of nitrogens with one attached hydrogen (secondary N) is 1. The van der Waals surface area contributed by atoms with E-state index in [1.165, 1.54) is 17.5 Å². The van der Waals surface area contributed by atoms with Crippen molar-refractivity contribution in [3.05, 3.63) is 22.4 Å². The van der Waals surface area contributed by atoms with Crippen LogP contribution in [0.4, 0.5) is 13.2 Å². The van der Waals surface area contributed by atoms with E-state index in [1.807, 2.05) is 5.32 Å². The number of halogens is 3. The van der Waals surface area contributed by atoms with Crippen LogP contribution in [0, 0.1) is 0 Å². The molecule has 2 atom stereocenters. The molecule has 0 saturated carbocycles.